The van der Waals surface area contributed by atoms with Crippen LogP contribution in [-0.2, 0) is 21.2 Å². The molecule has 0 spiro atoms. The number of rotatable bonds is 6. The molecular weight excluding hydrogens is 376 g/mol. The summed E-state index contributed by atoms with van der Waals surface area (Å²) in [7, 11) is -3.52. The lowest BCUT2D eigenvalue weighted by Crippen LogP contribution is -2.52. The Labute approximate surface area is 166 Å². The maximum Gasteiger partial charge on any atom is 0.263 e. The number of hydrogen-bond donors (Lipinski definition) is 1. The quantitative estimate of drug-likeness (QED) is 0.806. The number of amides is 1. The number of nitrogens with zero attached hydrogens (tertiary/aromatic N) is 1. The van der Waals surface area contributed by atoms with Gasteiger partial charge in [0, 0.05) is 6.04 Å². The first-order chi connectivity index (χ1) is 13.2. The number of aryl methyl sites for hydroxylation is 2. The Morgan fingerprint density at radius 2 is 1.96 bits per heavy atom. The number of anilines is 1. The van der Waals surface area contributed by atoms with Gasteiger partial charge in [0.2, 0.25) is 10.0 Å². The fraction of sp³-hybridized carbons (Fsp3) is 0.381. The molecule has 1 amide bonds. The molecule has 7 heteroatoms. The molecule has 28 heavy (non-hydrogen) atoms. The van der Waals surface area contributed by atoms with E-state index in [1.807, 2.05) is 38.1 Å². The van der Waals surface area contributed by atoms with Gasteiger partial charge in [-0.05, 0) is 49.9 Å². The van der Waals surface area contributed by atoms with Gasteiger partial charge in [-0.2, -0.15) is 0 Å². The van der Waals surface area contributed by atoms with Crippen LogP contribution < -0.4 is 14.4 Å². The fourth-order valence-corrected chi connectivity index (χ4v) is 4.15. The molecule has 1 aliphatic heterocycles. The molecule has 3 rings (SSSR count). The molecule has 1 N–H and O–H groups in total. The Morgan fingerprint density at radius 3 is 2.64 bits per heavy atom. The van der Waals surface area contributed by atoms with E-state index >= 15 is 0 Å². The zero-order chi connectivity index (χ0) is 20.3. The highest BCUT2D eigenvalue weighted by Crippen LogP contribution is 2.35. The lowest BCUT2D eigenvalue weighted by Gasteiger charge is -2.34. The predicted octanol–water partition coefficient (Wildman–Crippen LogP) is 2.66. The minimum Gasteiger partial charge on any atom is -0.476 e. The predicted molar refractivity (Wildman–Crippen MR) is 110 cm³/mol. The summed E-state index contributed by atoms with van der Waals surface area (Å²) in [5.41, 5.74) is 2.61. The van der Waals surface area contributed by atoms with Gasteiger partial charge in [0.25, 0.3) is 5.91 Å². The van der Waals surface area contributed by atoms with E-state index in [0.717, 1.165) is 24.7 Å². The molecule has 6 nitrogen and oxygen atoms in total. The largest absolute Gasteiger partial charge is 0.476 e. The third-order valence-electron chi connectivity index (χ3n) is 4.77. The molecule has 1 aliphatic rings. The van der Waals surface area contributed by atoms with Crippen molar-refractivity contribution in [2.45, 2.75) is 38.8 Å². The topological polar surface area (TPSA) is 75.7 Å². The third-order valence-corrected chi connectivity index (χ3v) is 5.92. The highest BCUT2D eigenvalue weighted by atomic mass is 32.2. The molecule has 0 radical (unpaired) electrons. The van der Waals surface area contributed by atoms with Gasteiger partial charge in [-0.15, -0.1) is 0 Å². The second kappa shape index (κ2) is 8.22. The van der Waals surface area contributed by atoms with Gasteiger partial charge in [-0.3, -0.25) is 9.10 Å². The molecule has 2 aromatic rings. The summed E-state index contributed by atoms with van der Waals surface area (Å²) >= 11 is 0. The van der Waals surface area contributed by atoms with Gasteiger partial charge in [-0.25, -0.2) is 8.42 Å². The van der Waals surface area contributed by atoms with Crippen LogP contribution in [0.4, 0.5) is 5.69 Å². The molecule has 1 heterocycles. The second-order valence-corrected chi connectivity index (χ2v) is 9.21. The summed E-state index contributed by atoms with van der Waals surface area (Å²) < 4.78 is 31.6. The normalized spacial score (nSPS) is 17.4. The Balaban J connectivity index is 1.67. The zero-order valence-corrected chi connectivity index (χ0v) is 17.2. The van der Waals surface area contributed by atoms with E-state index in [1.54, 1.807) is 12.1 Å². The molecule has 2 unspecified atom stereocenters. The van der Waals surface area contributed by atoms with E-state index in [-0.39, 0.29) is 18.5 Å². The minimum atomic E-state index is -3.52. The number of sulfonamides is 1. The maximum absolute atomic E-state index is 12.7. The minimum absolute atomic E-state index is 0.0352. The first-order valence-electron chi connectivity index (χ1n) is 9.33. The zero-order valence-electron chi connectivity index (χ0n) is 16.4. The molecule has 0 saturated carbocycles. The van der Waals surface area contributed by atoms with E-state index < -0.39 is 16.1 Å². The Kier molecular flexibility index (Phi) is 5.93. The van der Waals surface area contributed by atoms with Crippen molar-refractivity contribution in [3.05, 3.63) is 59.7 Å². The van der Waals surface area contributed by atoms with Gasteiger partial charge in [-0.1, -0.05) is 36.4 Å². The standard InChI is InChI=1S/C21H26N2O4S/c1-15-9-12-19-18(13-15)23(28(3,25)26)14-20(27-19)21(24)22-16(2)10-11-17-7-5-4-6-8-17/h4-9,12-13,16,20H,10-11,14H2,1-3H3,(H,22,24). The van der Waals surface area contributed by atoms with Crippen LogP contribution >= 0.6 is 0 Å². The molecule has 150 valence electrons. The van der Waals surface area contributed by atoms with Crippen molar-refractivity contribution in [2.75, 3.05) is 17.1 Å². The van der Waals surface area contributed by atoms with Crippen molar-refractivity contribution in [3.8, 4) is 5.75 Å². The van der Waals surface area contributed by atoms with Crippen molar-refractivity contribution in [2.24, 2.45) is 0 Å². The van der Waals surface area contributed by atoms with Crippen molar-refractivity contribution in [1.29, 1.82) is 0 Å². The van der Waals surface area contributed by atoms with Gasteiger partial charge in [0.05, 0.1) is 18.5 Å². The lowest BCUT2D eigenvalue weighted by atomic mass is 10.1. The molecule has 2 aromatic carbocycles. The third kappa shape index (κ3) is 4.84. The van der Waals surface area contributed by atoms with E-state index in [1.165, 1.54) is 9.87 Å². The van der Waals surface area contributed by atoms with Crippen LogP contribution in [0.2, 0.25) is 0 Å². The number of ether oxygens (including phenoxy) is 1. The van der Waals surface area contributed by atoms with Crippen molar-refractivity contribution in [1.82, 2.24) is 5.32 Å². The van der Waals surface area contributed by atoms with Crippen LogP contribution in [-0.4, -0.2) is 39.3 Å². The van der Waals surface area contributed by atoms with Crippen LogP contribution in [0, 0.1) is 6.92 Å². The fourth-order valence-electron chi connectivity index (χ4n) is 3.25. The van der Waals surface area contributed by atoms with Crippen molar-refractivity contribution < 1.29 is 17.9 Å². The Bertz CT molecular complexity index is 944. The van der Waals surface area contributed by atoms with Crippen LogP contribution in [0.15, 0.2) is 48.5 Å². The van der Waals surface area contributed by atoms with Gasteiger partial charge < -0.3 is 10.1 Å². The van der Waals surface area contributed by atoms with E-state index in [9.17, 15) is 13.2 Å². The number of carbonyl (C=O) groups excluding carboxylic acids is 1. The molecule has 0 aliphatic carbocycles. The summed E-state index contributed by atoms with van der Waals surface area (Å²) in [5, 5.41) is 2.95. The summed E-state index contributed by atoms with van der Waals surface area (Å²) in [6, 6.07) is 15.3. The van der Waals surface area contributed by atoms with Crippen molar-refractivity contribution in [3.63, 3.8) is 0 Å². The van der Waals surface area contributed by atoms with Gasteiger partial charge >= 0.3 is 0 Å². The van der Waals surface area contributed by atoms with Gasteiger partial charge in [0.15, 0.2) is 6.10 Å². The Morgan fingerprint density at radius 1 is 1.25 bits per heavy atom. The van der Waals surface area contributed by atoms with Crippen LogP contribution in [0.25, 0.3) is 0 Å². The van der Waals surface area contributed by atoms with E-state index in [2.05, 4.69) is 17.4 Å². The van der Waals surface area contributed by atoms with E-state index in [4.69, 9.17) is 4.74 Å². The molecule has 2 atom stereocenters. The molecule has 0 bridgehead atoms. The average Bonchev–Trinajstić information content (AvgIpc) is 2.65. The lowest BCUT2D eigenvalue weighted by molar-refractivity contribution is -0.128. The van der Waals surface area contributed by atoms with Crippen LogP contribution in [0.1, 0.15) is 24.5 Å². The molecule has 0 aromatic heterocycles. The smallest absolute Gasteiger partial charge is 0.263 e. The monoisotopic (exact) mass is 402 g/mol. The second-order valence-electron chi connectivity index (χ2n) is 7.31. The number of hydrogen-bond acceptors (Lipinski definition) is 4. The average molecular weight is 403 g/mol. The summed E-state index contributed by atoms with van der Waals surface area (Å²) in [4.78, 5) is 12.7. The first-order valence-corrected chi connectivity index (χ1v) is 11.2. The summed E-state index contributed by atoms with van der Waals surface area (Å²) in [5.74, 6) is 0.0970. The Hall–Kier alpha value is -2.54. The number of benzene rings is 2. The first kappa shape index (κ1) is 20.2. The SMILES string of the molecule is Cc1ccc2c(c1)N(S(C)(=O)=O)CC(C(=O)NC(C)CCc1ccccc1)O2. The maximum atomic E-state index is 12.7. The van der Waals surface area contributed by atoms with Crippen LogP contribution in [0.5, 0.6) is 5.75 Å². The number of fused-ring (bicyclic) bond motifs is 1. The number of nitrogens with one attached hydrogen (secondary N) is 1. The van der Waals surface area contributed by atoms with Crippen LogP contribution in [0.3, 0.4) is 0 Å². The highest BCUT2D eigenvalue weighted by Gasteiger charge is 2.35. The summed E-state index contributed by atoms with van der Waals surface area (Å²) in [6.45, 7) is 3.79. The van der Waals surface area contributed by atoms with Crippen molar-refractivity contribution >= 4 is 21.6 Å². The van der Waals surface area contributed by atoms with Gasteiger partial charge in [0.1, 0.15) is 5.75 Å². The molecular formula is C21H26N2O4S. The molecule has 0 fully saturated rings. The molecule has 0 saturated heterocycles. The van der Waals surface area contributed by atoms with E-state index in [0.29, 0.717) is 11.4 Å². The summed E-state index contributed by atoms with van der Waals surface area (Å²) in [6.07, 6.45) is 1.89. The number of carbonyl (C=O) groups is 1. The highest BCUT2D eigenvalue weighted by molar-refractivity contribution is 7.92.